The Morgan fingerprint density at radius 3 is 1.04 bits per heavy atom. The van der Waals surface area contributed by atoms with E-state index in [1.165, 1.54) is 0 Å². The van der Waals surface area contributed by atoms with Crippen LogP contribution in [0.4, 0.5) is 0 Å². The Balaban J connectivity index is 0.000000403. The maximum atomic E-state index is 5.10. The minimum atomic E-state index is 0. The van der Waals surface area contributed by atoms with Crippen LogP contribution in [0.2, 0.25) is 0 Å². The Kier molecular flexibility index (Phi) is 11.4. The third-order valence-electron chi connectivity index (χ3n) is 2.71. The molecule has 0 bridgehead atoms. The molecular formula is C18H16NiS4-4. The number of rotatable bonds is 2. The summed E-state index contributed by atoms with van der Waals surface area (Å²) in [5, 5.41) is 0. The first-order chi connectivity index (χ1) is 10.4. The zero-order valence-electron chi connectivity index (χ0n) is 12.7. The molecule has 23 heavy (non-hydrogen) atoms. The van der Waals surface area contributed by atoms with Crippen LogP contribution in [0.25, 0.3) is 9.81 Å². The predicted octanol–water partition coefficient (Wildman–Crippen LogP) is 4.94. The van der Waals surface area contributed by atoms with Gasteiger partial charge in [0.2, 0.25) is 0 Å². The van der Waals surface area contributed by atoms with Gasteiger partial charge in [-0.15, -0.1) is 0 Å². The van der Waals surface area contributed by atoms with Crippen LogP contribution in [-0.2, 0) is 67.0 Å². The summed E-state index contributed by atoms with van der Waals surface area (Å²) < 4.78 is 0. The third kappa shape index (κ3) is 8.09. The van der Waals surface area contributed by atoms with E-state index >= 15 is 0 Å². The normalized spacial score (nSPS) is 11.9. The Bertz CT molecular complexity index is 582. The van der Waals surface area contributed by atoms with Crippen molar-refractivity contribution in [2.45, 2.75) is 13.8 Å². The van der Waals surface area contributed by atoms with E-state index in [1.54, 1.807) is 0 Å². The predicted molar refractivity (Wildman–Crippen MR) is 108 cm³/mol. The molecule has 0 saturated heterocycles. The van der Waals surface area contributed by atoms with E-state index in [-0.39, 0.29) is 16.5 Å². The van der Waals surface area contributed by atoms with Crippen molar-refractivity contribution in [1.82, 2.24) is 0 Å². The second-order valence-corrected chi connectivity index (χ2v) is 6.54. The van der Waals surface area contributed by atoms with Crippen molar-refractivity contribution in [2.75, 3.05) is 0 Å². The van der Waals surface area contributed by atoms with Crippen molar-refractivity contribution in [3.05, 3.63) is 81.6 Å². The first-order valence-corrected chi connectivity index (χ1v) is 8.27. The third-order valence-corrected chi connectivity index (χ3v) is 4.46. The smallest absolute Gasteiger partial charge is 0 e. The molecular weight excluding hydrogens is 403 g/mol. The van der Waals surface area contributed by atoms with Crippen LogP contribution in [0.5, 0.6) is 0 Å². The van der Waals surface area contributed by atoms with Crippen LogP contribution < -0.4 is 0 Å². The van der Waals surface area contributed by atoms with E-state index < -0.39 is 0 Å². The quantitative estimate of drug-likeness (QED) is 0.500. The topological polar surface area (TPSA) is 0 Å². The van der Waals surface area contributed by atoms with Crippen LogP contribution in [0.1, 0.15) is 25.0 Å². The maximum Gasteiger partial charge on any atom is 0 e. The molecule has 0 atom stereocenters. The van der Waals surface area contributed by atoms with Gasteiger partial charge in [0.1, 0.15) is 0 Å². The minimum absolute atomic E-state index is 0. The van der Waals surface area contributed by atoms with Crippen molar-refractivity contribution in [3.8, 4) is 0 Å². The van der Waals surface area contributed by atoms with Crippen molar-refractivity contribution < 1.29 is 16.5 Å². The van der Waals surface area contributed by atoms with Crippen LogP contribution >= 0.6 is 0 Å². The molecule has 5 heteroatoms. The molecule has 0 saturated carbocycles. The number of benzene rings is 2. The Hall–Kier alpha value is -0.706. The average Bonchev–Trinajstić information content (AvgIpc) is 2.55. The van der Waals surface area contributed by atoms with E-state index in [4.69, 9.17) is 50.5 Å². The molecule has 0 nitrogen and oxygen atoms in total. The minimum Gasteiger partial charge on any atom is -0.785 e. The molecule has 0 unspecified atom stereocenters. The van der Waals surface area contributed by atoms with E-state index in [0.29, 0.717) is 0 Å². The van der Waals surface area contributed by atoms with Gasteiger partial charge in [0.05, 0.1) is 0 Å². The molecule has 126 valence electrons. The maximum absolute atomic E-state index is 5.10. The largest absolute Gasteiger partial charge is 0.785 e. The molecule has 2 aromatic rings. The summed E-state index contributed by atoms with van der Waals surface area (Å²) in [6.07, 6.45) is 0. The Labute approximate surface area is 171 Å². The molecule has 0 radical (unpaired) electrons. The van der Waals surface area contributed by atoms with E-state index in [2.05, 4.69) is 0 Å². The van der Waals surface area contributed by atoms with Gasteiger partial charge in [-0.1, -0.05) is 74.5 Å². The first kappa shape index (κ1) is 22.3. The van der Waals surface area contributed by atoms with Gasteiger partial charge in [-0.2, -0.15) is 9.81 Å². The molecule has 0 aliphatic heterocycles. The SMILES string of the molecule is C/C([S-])=C(/[S-])c1ccccc1.C/C([S-])=C(/[S-])c1ccccc1.[Ni]. The molecule has 0 fully saturated rings. The van der Waals surface area contributed by atoms with E-state index in [9.17, 15) is 0 Å². The van der Waals surface area contributed by atoms with Crippen LogP contribution in [0, 0.1) is 0 Å². The van der Waals surface area contributed by atoms with Crippen molar-refractivity contribution >= 4 is 60.3 Å². The second kappa shape index (κ2) is 11.8. The standard InChI is InChI=1S/2C9H10S2.Ni/c2*1-7(10)9(11)8-5-3-2-4-6-8;/h2*2-6,10-11H,1H3;/p-4/b2*9-7-;. The molecule has 2 rings (SSSR count). The van der Waals surface area contributed by atoms with Crippen molar-refractivity contribution in [2.24, 2.45) is 0 Å². The first-order valence-electron chi connectivity index (χ1n) is 6.64. The summed E-state index contributed by atoms with van der Waals surface area (Å²) in [5.41, 5.74) is 2.07. The molecule has 2 aromatic carbocycles. The number of hydrogen-bond donors (Lipinski definition) is 0. The van der Waals surface area contributed by atoms with Crippen LogP contribution in [-0.4, -0.2) is 0 Å². The van der Waals surface area contributed by atoms with Crippen LogP contribution in [0.3, 0.4) is 0 Å². The summed E-state index contributed by atoms with van der Waals surface area (Å²) in [4.78, 5) is 3.12. The zero-order chi connectivity index (χ0) is 16.5. The van der Waals surface area contributed by atoms with E-state index in [1.807, 2.05) is 74.5 Å². The summed E-state index contributed by atoms with van der Waals surface area (Å²) in [6.45, 7) is 3.70. The summed E-state index contributed by atoms with van der Waals surface area (Å²) in [5.74, 6) is 0. The molecule has 0 aliphatic rings. The monoisotopic (exact) mass is 418 g/mol. The van der Waals surface area contributed by atoms with Gasteiger partial charge in [-0.3, -0.25) is 0 Å². The van der Waals surface area contributed by atoms with Gasteiger partial charge >= 0.3 is 0 Å². The fourth-order valence-electron chi connectivity index (χ4n) is 1.59. The average molecular weight is 419 g/mol. The van der Waals surface area contributed by atoms with Crippen LogP contribution in [0.15, 0.2) is 70.5 Å². The molecule has 0 aliphatic carbocycles. The summed E-state index contributed by atoms with van der Waals surface area (Å²) in [7, 11) is 0. The van der Waals surface area contributed by atoms with Gasteiger partial charge in [0, 0.05) is 16.5 Å². The molecule has 0 spiro atoms. The fourth-order valence-corrected chi connectivity index (χ4v) is 2.09. The molecule has 0 heterocycles. The second-order valence-electron chi connectivity index (χ2n) is 4.50. The molecule has 0 amide bonds. The Morgan fingerprint density at radius 2 is 0.826 bits per heavy atom. The molecule has 0 aromatic heterocycles. The zero-order valence-corrected chi connectivity index (χ0v) is 17.0. The Morgan fingerprint density at radius 1 is 0.565 bits per heavy atom. The van der Waals surface area contributed by atoms with Gasteiger partial charge in [-0.05, 0) is 11.1 Å². The van der Waals surface area contributed by atoms with Gasteiger partial charge < -0.3 is 50.5 Å². The van der Waals surface area contributed by atoms with Gasteiger partial charge in [0.25, 0.3) is 0 Å². The van der Waals surface area contributed by atoms with Crippen molar-refractivity contribution in [1.29, 1.82) is 0 Å². The van der Waals surface area contributed by atoms with Crippen molar-refractivity contribution in [3.63, 3.8) is 0 Å². The fraction of sp³-hybridized carbons (Fsp3) is 0.111. The van der Waals surface area contributed by atoms with E-state index in [0.717, 1.165) is 30.7 Å². The summed E-state index contributed by atoms with van der Waals surface area (Å²) >= 11 is 20.1. The molecule has 0 N–H and O–H groups in total. The number of hydrogen-bond acceptors (Lipinski definition) is 4. The number of allylic oxidation sites excluding steroid dienone is 2. The van der Waals surface area contributed by atoms with Gasteiger partial charge in [-0.25, -0.2) is 9.81 Å². The summed E-state index contributed by atoms with van der Waals surface area (Å²) in [6, 6.07) is 19.6. The van der Waals surface area contributed by atoms with Gasteiger partial charge in [0.15, 0.2) is 0 Å².